The van der Waals surface area contributed by atoms with Crippen molar-refractivity contribution in [3.63, 3.8) is 0 Å². The summed E-state index contributed by atoms with van der Waals surface area (Å²) in [5.74, 6) is -3.26. The van der Waals surface area contributed by atoms with Crippen LogP contribution >= 0.6 is 0 Å². The van der Waals surface area contributed by atoms with E-state index >= 15 is 0 Å². The molecule has 40 heavy (non-hydrogen) atoms. The van der Waals surface area contributed by atoms with Crippen molar-refractivity contribution in [1.82, 2.24) is 10.6 Å². The Balaban J connectivity index is 5.20. The lowest BCUT2D eigenvalue weighted by Gasteiger charge is -2.32. The number of carbonyl (C=O) groups excluding carboxylic acids is 5. The van der Waals surface area contributed by atoms with Gasteiger partial charge >= 0.3 is 17.9 Å². The lowest BCUT2D eigenvalue weighted by molar-refractivity contribution is -0.216. The summed E-state index contributed by atoms with van der Waals surface area (Å²) in [4.78, 5) is 58.2. The van der Waals surface area contributed by atoms with Gasteiger partial charge in [-0.25, -0.2) is 0 Å². The van der Waals surface area contributed by atoms with Gasteiger partial charge in [0.2, 0.25) is 11.8 Å². The summed E-state index contributed by atoms with van der Waals surface area (Å²) in [5, 5.41) is 22.9. The van der Waals surface area contributed by atoms with E-state index in [1.807, 2.05) is 0 Å². The fraction of sp³-hybridized carbons (Fsp3) is 0.783. The van der Waals surface area contributed by atoms with E-state index in [-0.39, 0.29) is 33.0 Å². The van der Waals surface area contributed by atoms with Crippen LogP contribution in [0.15, 0.2) is 0 Å². The molecule has 0 heterocycles. The molecule has 17 heteroatoms. The fourth-order valence-corrected chi connectivity index (χ4v) is 2.72. The molecular formula is C23H39BN2O14. The van der Waals surface area contributed by atoms with E-state index in [4.69, 9.17) is 51.2 Å². The van der Waals surface area contributed by atoms with Crippen molar-refractivity contribution in [3.8, 4) is 0 Å². The molecule has 0 aromatic carbocycles. The Morgan fingerprint density at radius 2 is 1.48 bits per heavy atom. The molecule has 0 rings (SSSR count). The average molecular weight is 578 g/mol. The molecule has 0 aromatic heterocycles. The molecule has 0 unspecified atom stereocenters. The van der Waals surface area contributed by atoms with Gasteiger partial charge in [-0.15, -0.1) is 0 Å². The SMILES string of the molecule is [B][C@@H](OC(C)=O)[C@@H](COC(C)=O)O[C@@H](OCC(=O)NCCOCCOC[C@H](O)CO)[C@@H](COC(C)=O)NC(C)=O. The molecule has 0 spiro atoms. The molecule has 4 N–H and O–H groups in total. The summed E-state index contributed by atoms with van der Waals surface area (Å²) >= 11 is 0. The van der Waals surface area contributed by atoms with Crippen LogP contribution < -0.4 is 10.6 Å². The van der Waals surface area contributed by atoms with Gasteiger partial charge < -0.3 is 54.0 Å². The van der Waals surface area contributed by atoms with Gasteiger partial charge in [0.15, 0.2) is 6.29 Å². The highest BCUT2D eigenvalue weighted by Crippen LogP contribution is 2.13. The first-order valence-electron chi connectivity index (χ1n) is 12.3. The quantitative estimate of drug-likeness (QED) is 0.0329. The Hall–Kier alpha value is -2.83. The second-order valence-corrected chi connectivity index (χ2v) is 8.21. The van der Waals surface area contributed by atoms with Crippen LogP contribution in [0.3, 0.4) is 0 Å². The molecule has 0 fully saturated rings. The zero-order valence-electron chi connectivity index (χ0n) is 23.1. The van der Waals surface area contributed by atoms with E-state index in [1.165, 1.54) is 6.92 Å². The van der Waals surface area contributed by atoms with Crippen molar-refractivity contribution in [2.45, 2.75) is 58.2 Å². The second kappa shape index (κ2) is 21.9. The number of amides is 2. The number of hydrogen-bond acceptors (Lipinski definition) is 14. The standard InChI is InChI=1S/C23H39BN2O14/c1-14(28)26-19(11-36-15(2)29)23(40-20(12-37-16(3)30)22(24)39-17(4)31)38-13-21(33)25-5-6-34-7-8-35-10-18(32)9-27/h18-20,22-23,27,32H,5-13H2,1-4H3,(H,25,33)(H,26,28)/t18-,19-,20-,22+,23-/m1/s1. The topological polar surface area (TPSA) is 214 Å². The van der Waals surface area contributed by atoms with Gasteiger partial charge in [-0.3, -0.25) is 24.0 Å². The van der Waals surface area contributed by atoms with Crippen molar-refractivity contribution in [1.29, 1.82) is 0 Å². The van der Waals surface area contributed by atoms with Gasteiger partial charge in [-0.1, -0.05) is 0 Å². The summed E-state index contributed by atoms with van der Waals surface area (Å²) in [6, 6.07) is -2.58. The van der Waals surface area contributed by atoms with Crippen LogP contribution in [0.1, 0.15) is 27.7 Å². The number of aliphatic hydroxyl groups is 2. The molecule has 0 aliphatic rings. The Morgan fingerprint density at radius 1 is 0.850 bits per heavy atom. The molecule has 5 atom stereocenters. The predicted molar refractivity (Wildman–Crippen MR) is 135 cm³/mol. The number of nitrogens with one attached hydrogen (secondary N) is 2. The zero-order chi connectivity index (χ0) is 30.5. The fourth-order valence-electron chi connectivity index (χ4n) is 2.72. The highest BCUT2D eigenvalue weighted by Gasteiger charge is 2.32. The summed E-state index contributed by atoms with van der Waals surface area (Å²) in [5.41, 5.74) is 0. The van der Waals surface area contributed by atoms with Crippen molar-refractivity contribution >= 4 is 37.6 Å². The van der Waals surface area contributed by atoms with Crippen molar-refractivity contribution in [2.75, 3.05) is 59.4 Å². The number of carbonyl (C=O) groups is 5. The van der Waals surface area contributed by atoms with Gasteiger partial charge in [0.05, 0.1) is 39.0 Å². The largest absolute Gasteiger partial charge is 0.470 e. The molecule has 2 radical (unpaired) electrons. The third kappa shape index (κ3) is 20.1. The minimum atomic E-state index is -1.49. The van der Waals surface area contributed by atoms with E-state index in [1.54, 1.807) is 0 Å². The third-order valence-electron chi connectivity index (χ3n) is 4.45. The molecule has 0 saturated carbocycles. The molecule has 0 aromatic rings. The maximum absolute atomic E-state index is 12.3. The van der Waals surface area contributed by atoms with E-state index in [0.29, 0.717) is 0 Å². The van der Waals surface area contributed by atoms with E-state index in [2.05, 4.69) is 10.6 Å². The van der Waals surface area contributed by atoms with E-state index < -0.39 is 86.7 Å². The summed E-state index contributed by atoms with van der Waals surface area (Å²) in [6.07, 6.45) is -3.76. The highest BCUT2D eigenvalue weighted by atomic mass is 16.7. The first-order valence-corrected chi connectivity index (χ1v) is 12.3. The van der Waals surface area contributed by atoms with Gasteiger partial charge in [0, 0.05) is 34.2 Å². The molecule has 0 aliphatic heterocycles. The summed E-state index contributed by atoms with van der Waals surface area (Å²) in [6.45, 7) is 3.19. The highest BCUT2D eigenvalue weighted by molar-refractivity contribution is 6.12. The van der Waals surface area contributed by atoms with E-state index in [0.717, 1.165) is 20.8 Å². The minimum Gasteiger partial charge on any atom is -0.470 e. The van der Waals surface area contributed by atoms with Crippen LogP contribution in [0.2, 0.25) is 0 Å². The Kier molecular flexibility index (Phi) is 20.4. The lowest BCUT2D eigenvalue weighted by atomic mass is 9.94. The normalized spacial score (nSPS) is 14.7. The first-order chi connectivity index (χ1) is 18.8. The third-order valence-corrected chi connectivity index (χ3v) is 4.45. The van der Waals surface area contributed by atoms with Gasteiger partial charge in [0.1, 0.15) is 45.9 Å². The zero-order valence-corrected chi connectivity index (χ0v) is 23.1. The first kappa shape index (κ1) is 37.2. The number of ether oxygens (including phenoxy) is 7. The van der Waals surface area contributed by atoms with E-state index in [9.17, 15) is 24.0 Å². The van der Waals surface area contributed by atoms with Gasteiger partial charge in [0.25, 0.3) is 0 Å². The minimum absolute atomic E-state index is 0.0401. The average Bonchev–Trinajstić information content (AvgIpc) is 2.86. The molecule has 0 saturated heterocycles. The maximum Gasteiger partial charge on any atom is 0.302 e. The summed E-state index contributed by atoms with van der Waals surface area (Å²) < 4.78 is 36.5. The van der Waals surface area contributed by atoms with Crippen molar-refractivity contribution in [2.24, 2.45) is 0 Å². The Labute approximate surface area is 233 Å². The van der Waals surface area contributed by atoms with Crippen LogP contribution in [0.4, 0.5) is 0 Å². The van der Waals surface area contributed by atoms with Crippen LogP contribution in [0, 0.1) is 0 Å². The molecule has 0 bridgehead atoms. The lowest BCUT2D eigenvalue weighted by Crippen LogP contribution is -2.52. The second-order valence-electron chi connectivity index (χ2n) is 8.21. The summed E-state index contributed by atoms with van der Waals surface area (Å²) in [7, 11) is 5.87. The predicted octanol–water partition coefficient (Wildman–Crippen LogP) is -3.09. The molecular weight excluding hydrogens is 539 g/mol. The Bertz CT molecular complexity index is 787. The number of rotatable bonds is 22. The smallest absolute Gasteiger partial charge is 0.302 e. The molecule has 228 valence electrons. The Morgan fingerprint density at radius 3 is 2.05 bits per heavy atom. The molecule has 16 nitrogen and oxygen atoms in total. The van der Waals surface area contributed by atoms with Crippen LogP contribution in [0.5, 0.6) is 0 Å². The number of hydrogen-bond donors (Lipinski definition) is 4. The number of aliphatic hydroxyl groups excluding tert-OH is 2. The van der Waals surface area contributed by atoms with Gasteiger partial charge in [-0.05, 0) is 0 Å². The maximum atomic E-state index is 12.3. The van der Waals surface area contributed by atoms with Crippen LogP contribution in [0.25, 0.3) is 0 Å². The van der Waals surface area contributed by atoms with Crippen LogP contribution in [-0.2, 0) is 57.1 Å². The van der Waals surface area contributed by atoms with Crippen molar-refractivity contribution in [3.05, 3.63) is 0 Å². The monoisotopic (exact) mass is 578 g/mol. The molecule has 2 amide bonds. The number of esters is 3. The van der Waals surface area contributed by atoms with Gasteiger partial charge in [-0.2, -0.15) is 0 Å². The van der Waals surface area contributed by atoms with Crippen molar-refractivity contribution < 1.29 is 67.3 Å². The van der Waals surface area contributed by atoms with Crippen LogP contribution in [-0.4, -0.2) is 138 Å². The molecule has 0 aliphatic carbocycles.